The van der Waals surface area contributed by atoms with Crippen molar-refractivity contribution in [1.82, 2.24) is 0 Å². The van der Waals surface area contributed by atoms with Crippen LogP contribution in [0.1, 0.15) is 59.3 Å². The van der Waals surface area contributed by atoms with Gasteiger partial charge in [0.15, 0.2) is 0 Å². The second-order valence-electron chi connectivity index (χ2n) is 9.91. The van der Waals surface area contributed by atoms with Gasteiger partial charge < -0.3 is 19.3 Å². The van der Waals surface area contributed by atoms with Gasteiger partial charge in [0.05, 0.1) is 12.7 Å². The van der Waals surface area contributed by atoms with Crippen LogP contribution in [0.15, 0.2) is 97.1 Å². The summed E-state index contributed by atoms with van der Waals surface area (Å²) in [6, 6.07) is 30.2. The first kappa shape index (κ1) is 28.6. The predicted molar refractivity (Wildman–Crippen MR) is 154 cm³/mol. The fraction of sp³-hybridized carbons (Fsp3) is 0.235. The summed E-state index contributed by atoms with van der Waals surface area (Å²) in [5.74, 6) is 0.959. The highest BCUT2D eigenvalue weighted by molar-refractivity contribution is 5.91. The largest absolute Gasteiger partial charge is 0.497 e. The molecule has 0 saturated carbocycles. The van der Waals surface area contributed by atoms with Crippen LogP contribution in [0.25, 0.3) is 0 Å². The molecular weight excluding hydrogens is 504 g/mol. The molecule has 0 aliphatic rings. The molecule has 0 spiro atoms. The van der Waals surface area contributed by atoms with Crippen LogP contribution in [0.3, 0.4) is 0 Å². The molecule has 206 valence electrons. The average molecular weight is 539 g/mol. The average Bonchev–Trinajstić information content (AvgIpc) is 2.97. The Morgan fingerprint density at radius 1 is 0.700 bits per heavy atom. The van der Waals surface area contributed by atoms with Crippen molar-refractivity contribution < 1.29 is 28.9 Å². The van der Waals surface area contributed by atoms with Gasteiger partial charge in [-0.1, -0.05) is 55.5 Å². The van der Waals surface area contributed by atoms with Gasteiger partial charge in [-0.2, -0.15) is 0 Å². The normalized spacial score (nSPS) is 12.3. The first-order valence-electron chi connectivity index (χ1n) is 13.2. The Labute approximate surface area is 235 Å². The molecule has 0 fully saturated rings. The summed E-state index contributed by atoms with van der Waals surface area (Å²) >= 11 is 0. The molecule has 0 aromatic heterocycles. The molecule has 4 aromatic carbocycles. The maximum atomic E-state index is 12.8. The molecule has 0 aliphatic carbocycles. The lowest BCUT2D eigenvalue weighted by Crippen LogP contribution is -2.24. The van der Waals surface area contributed by atoms with Crippen LogP contribution >= 0.6 is 0 Å². The van der Waals surface area contributed by atoms with E-state index in [1.54, 1.807) is 43.5 Å². The van der Waals surface area contributed by atoms with Crippen molar-refractivity contribution in [3.05, 3.63) is 125 Å². The summed E-state index contributed by atoms with van der Waals surface area (Å²) in [5.41, 5.74) is 4.36. The van der Waals surface area contributed by atoms with Gasteiger partial charge in [0.1, 0.15) is 17.2 Å². The van der Waals surface area contributed by atoms with Crippen molar-refractivity contribution in [2.75, 3.05) is 13.7 Å². The maximum absolute atomic E-state index is 12.8. The summed E-state index contributed by atoms with van der Waals surface area (Å²) < 4.78 is 16.0. The van der Waals surface area contributed by atoms with Gasteiger partial charge >= 0.3 is 11.9 Å². The number of carbonyl (C=O) groups is 2. The summed E-state index contributed by atoms with van der Waals surface area (Å²) in [5, 5.41) is 9.51. The zero-order chi connectivity index (χ0) is 28.5. The first-order chi connectivity index (χ1) is 19.3. The van der Waals surface area contributed by atoms with Gasteiger partial charge in [-0.3, -0.25) is 4.79 Å². The lowest BCUT2D eigenvalue weighted by molar-refractivity contribution is -0.131. The fourth-order valence-electron chi connectivity index (χ4n) is 4.74. The monoisotopic (exact) mass is 538 g/mol. The second-order valence-corrected chi connectivity index (χ2v) is 9.91. The fourth-order valence-corrected chi connectivity index (χ4v) is 4.74. The van der Waals surface area contributed by atoms with E-state index >= 15 is 0 Å². The van der Waals surface area contributed by atoms with Gasteiger partial charge in [0.25, 0.3) is 0 Å². The molecule has 0 bridgehead atoms. The van der Waals surface area contributed by atoms with Crippen LogP contribution in [0, 0.1) is 0 Å². The van der Waals surface area contributed by atoms with Crippen LogP contribution in [0.2, 0.25) is 0 Å². The predicted octanol–water partition coefficient (Wildman–Crippen LogP) is 6.51. The minimum absolute atomic E-state index is 0.0791. The quantitative estimate of drug-likeness (QED) is 0.173. The number of hydrogen-bond acceptors (Lipinski definition) is 6. The van der Waals surface area contributed by atoms with E-state index in [4.69, 9.17) is 14.2 Å². The topological polar surface area (TPSA) is 82.1 Å². The lowest BCUT2D eigenvalue weighted by atomic mass is 9.73. The van der Waals surface area contributed by atoms with E-state index in [1.807, 2.05) is 60.7 Å². The zero-order valence-electron chi connectivity index (χ0n) is 23.1. The summed E-state index contributed by atoms with van der Waals surface area (Å²) in [7, 11) is 1.65. The number of aliphatic hydroxyl groups is 1. The molecular formula is C34H34O6. The molecule has 6 nitrogen and oxygen atoms in total. The highest BCUT2D eigenvalue weighted by Crippen LogP contribution is 2.38. The standard InChI is InChI=1S/C34H34O6/c1-24(36)39-31-17-11-28(12-18-31)34(2,21-4-22-35)29-13-19-32(20-14-29)40-33(37)27-9-5-25(6-10-27)23-26-7-15-30(38-3)16-8-26/h5-20,35H,4,21-23H2,1-3H3. The Hall–Kier alpha value is -4.42. The third-order valence-electron chi connectivity index (χ3n) is 7.05. The molecule has 0 aliphatic heterocycles. The summed E-state index contributed by atoms with van der Waals surface area (Å²) in [6.07, 6.45) is 2.08. The van der Waals surface area contributed by atoms with Crippen LogP contribution in [0.4, 0.5) is 0 Å². The molecule has 6 heteroatoms. The van der Waals surface area contributed by atoms with Gasteiger partial charge in [-0.25, -0.2) is 4.79 Å². The minimum atomic E-state index is -0.423. The number of rotatable bonds is 11. The smallest absolute Gasteiger partial charge is 0.343 e. The van der Waals surface area contributed by atoms with E-state index in [0.717, 1.165) is 34.4 Å². The number of methoxy groups -OCH3 is 1. The molecule has 0 saturated heterocycles. The molecule has 40 heavy (non-hydrogen) atoms. The lowest BCUT2D eigenvalue weighted by Gasteiger charge is -2.31. The van der Waals surface area contributed by atoms with E-state index in [9.17, 15) is 14.7 Å². The van der Waals surface area contributed by atoms with E-state index < -0.39 is 11.4 Å². The summed E-state index contributed by atoms with van der Waals surface area (Å²) in [4.78, 5) is 24.1. The van der Waals surface area contributed by atoms with Crippen LogP contribution < -0.4 is 14.2 Å². The number of aliphatic hydroxyl groups excluding tert-OH is 1. The molecule has 1 atom stereocenters. The zero-order valence-corrected chi connectivity index (χ0v) is 23.1. The highest BCUT2D eigenvalue weighted by atomic mass is 16.5. The summed E-state index contributed by atoms with van der Waals surface area (Å²) in [6.45, 7) is 3.56. The van der Waals surface area contributed by atoms with E-state index in [2.05, 4.69) is 6.92 Å². The Morgan fingerprint density at radius 3 is 1.65 bits per heavy atom. The van der Waals surface area contributed by atoms with Crippen molar-refractivity contribution in [1.29, 1.82) is 0 Å². The Bertz CT molecular complexity index is 1410. The van der Waals surface area contributed by atoms with Crippen molar-refractivity contribution >= 4 is 11.9 Å². The highest BCUT2D eigenvalue weighted by Gasteiger charge is 2.28. The van der Waals surface area contributed by atoms with Crippen molar-refractivity contribution in [2.45, 2.75) is 38.5 Å². The van der Waals surface area contributed by atoms with Gasteiger partial charge in [-0.05, 0) is 90.0 Å². The third-order valence-corrected chi connectivity index (χ3v) is 7.05. The Kier molecular flexibility index (Phi) is 9.35. The van der Waals surface area contributed by atoms with E-state index in [-0.39, 0.29) is 12.6 Å². The first-order valence-corrected chi connectivity index (χ1v) is 13.2. The van der Waals surface area contributed by atoms with Crippen LogP contribution in [0.5, 0.6) is 17.2 Å². The maximum Gasteiger partial charge on any atom is 0.343 e. The third kappa shape index (κ3) is 7.16. The van der Waals surface area contributed by atoms with Crippen molar-refractivity contribution in [2.24, 2.45) is 0 Å². The molecule has 1 N–H and O–H groups in total. The van der Waals surface area contributed by atoms with Crippen molar-refractivity contribution in [3.63, 3.8) is 0 Å². The molecule has 4 aromatic rings. The van der Waals surface area contributed by atoms with E-state index in [1.165, 1.54) is 6.92 Å². The SMILES string of the molecule is COc1ccc(Cc2ccc(C(=O)Oc3ccc(C(C)(CCCO)c4ccc(OC(C)=O)cc4)cc3)cc2)cc1. The molecule has 0 amide bonds. The molecule has 0 radical (unpaired) electrons. The number of carbonyl (C=O) groups excluding carboxylic acids is 2. The number of ether oxygens (including phenoxy) is 3. The van der Waals surface area contributed by atoms with Crippen molar-refractivity contribution in [3.8, 4) is 17.2 Å². The second kappa shape index (κ2) is 13.1. The molecule has 4 rings (SSSR count). The number of benzene rings is 4. The molecule has 1 unspecified atom stereocenters. The number of esters is 2. The minimum Gasteiger partial charge on any atom is -0.497 e. The van der Waals surface area contributed by atoms with Crippen LogP contribution in [-0.4, -0.2) is 30.8 Å². The molecule has 0 heterocycles. The van der Waals surface area contributed by atoms with Gasteiger partial charge in [0.2, 0.25) is 0 Å². The Morgan fingerprint density at radius 2 is 1.18 bits per heavy atom. The Balaban J connectivity index is 1.44. The number of hydrogen-bond donors (Lipinski definition) is 1. The van der Waals surface area contributed by atoms with Gasteiger partial charge in [0, 0.05) is 18.9 Å². The van der Waals surface area contributed by atoms with Crippen LogP contribution in [-0.2, 0) is 16.6 Å². The van der Waals surface area contributed by atoms with Gasteiger partial charge in [-0.15, -0.1) is 0 Å². The van der Waals surface area contributed by atoms with E-state index in [0.29, 0.717) is 29.9 Å².